The summed E-state index contributed by atoms with van der Waals surface area (Å²) >= 11 is 0. The number of para-hydroxylation sites is 1. The van der Waals surface area contributed by atoms with Gasteiger partial charge in [-0.25, -0.2) is 9.97 Å². The van der Waals surface area contributed by atoms with Gasteiger partial charge in [0.25, 0.3) is 0 Å². The first-order valence-corrected chi connectivity index (χ1v) is 21.7. The molecule has 4 heteroatoms. The average molecular weight is 805 g/mol. The summed E-state index contributed by atoms with van der Waals surface area (Å²) < 4.78 is 4.67. The van der Waals surface area contributed by atoms with Crippen molar-refractivity contribution in [3.05, 3.63) is 217 Å². The van der Waals surface area contributed by atoms with Crippen LogP contribution in [-0.2, 0) is 5.41 Å². The molecule has 296 valence electrons. The lowest BCUT2D eigenvalue weighted by molar-refractivity contribution is 0.660. The Balaban J connectivity index is 1.09. The minimum absolute atomic E-state index is 0.0838. The summed E-state index contributed by atoms with van der Waals surface area (Å²) in [5.41, 5.74) is 17.1. The van der Waals surface area contributed by atoms with Gasteiger partial charge in [0, 0.05) is 32.8 Å². The van der Waals surface area contributed by atoms with E-state index in [4.69, 9.17) is 9.97 Å². The van der Waals surface area contributed by atoms with E-state index in [0.29, 0.717) is 5.95 Å². The maximum absolute atomic E-state index is 5.65. The fraction of sp³-hybridized carbons (Fsp3) is 0.0508. The lowest BCUT2D eigenvalue weighted by Gasteiger charge is -2.22. The van der Waals surface area contributed by atoms with E-state index in [9.17, 15) is 0 Å². The molecule has 12 aromatic rings. The molecule has 3 heterocycles. The molecule has 9 aromatic carbocycles. The first-order valence-electron chi connectivity index (χ1n) is 21.7. The van der Waals surface area contributed by atoms with E-state index in [1.165, 1.54) is 54.9 Å². The molecule has 1 aliphatic carbocycles. The molecule has 0 amide bonds. The largest absolute Gasteiger partial charge is 0.309 e. The third-order valence-electron chi connectivity index (χ3n) is 13.5. The molecule has 4 nitrogen and oxygen atoms in total. The minimum atomic E-state index is -0.0838. The van der Waals surface area contributed by atoms with Gasteiger partial charge < -0.3 is 4.57 Å². The summed E-state index contributed by atoms with van der Waals surface area (Å²) in [6.45, 7) is 4.70. The maximum Gasteiger partial charge on any atom is 0.235 e. The Labute approximate surface area is 365 Å². The summed E-state index contributed by atoms with van der Waals surface area (Å²) in [5, 5.41) is 6.94. The lowest BCUT2D eigenvalue weighted by Crippen LogP contribution is -2.14. The molecule has 63 heavy (non-hydrogen) atoms. The van der Waals surface area contributed by atoms with Crippen LogP contribution in [0.2, 0.25) is 0 Å². The van der Waals surface area contributed by atoms with E-state index in [-0.39, 0.29) is 5.41 Å². The van der Waals surface area contributed by atoms with Gasteiger partial charge in [0.05, 0.1) is 38.8 Å². The number of hydrogen-bond donors (Lipinski definition) is 0. The van der Waals surface area contributed by atoms with Gasteiger partial charge in [0.15, 0.2) is 0 Å². The molecule has 0 saturated heterocycles. The smallest absolute Gasteiger partial charge is 0.235 e. The molecular formula is C59H40N4. The summed E-state index contributed by atoms with van der Waals surface area (Å²) in [7, 11) is 0. The van der Waals surface area contributed by atoms with Crippen LogP contribution in [0.3, 0.4) is 0 Å². The van der Waals surface area contributed by atoms with Gasteiger partial charge in [0.1, 0.15) is 0 Å². The summed E-state index contributed by atoms with van der Waals surface area (Å²) in [6.07, 6.45) is 0. The van der Waals surface area contributed by atoms with Gasteiger partial charge >= 0.3 is 0 Å². The number of fused-ring (bicyclic) bond motifs is 11. The highest BCUT2D eigenvalue weighted by Crippen LogP contribution is 2.50. The van der Waals surface area contributed by atoms with Crippen LogP contribution in [0.25, 0.3) is 111 Å². The summed E-state index contributed by atoms with van der Waals surface area (Å²) in [5.74, 6) is 0.641. The molecule has 0 N–H and O–H groups in total. The van der Waals surface area contributed by atoms with E-state index in [1.54, 1.807) is 0 Å². The molecule has 0 saturated carbocycles. The lowest BCUT2D eigenvalue weighted by atomic mass is 9.81. The predicted molar refractivity (Wildman–Crippen MR) is 262 cm³/mol. The van der Waals surface area contributed by atoms with E-state index >= 15 is 0 Å². The van der Waals surface area contributed by atoms with Gasteiger partial charge in [0.2, 0.25) is 5.95 Å². The Kier molecular flexibility index (Phi) is 7.62. The maximum atomic E-state index is 5.65. The van der Waals surface area contributed by atoms with E-state index in [1.807, 2.05) is 0 Å². The number of nitrogens with zero attached hydrogens (tertiary/aromatic N) is 4. The zero-order valence-corrected chi connectivity index (χ0v) is 34.9. The van der Waals surface area contributed by atoms with Gasteiger partial charge in [-0.05, 0) is 98.2 Å². The molecule has 0 unspecified atom stereocenters. The van der Waals surface area contributed by atoms with Crippen LogP contribution < -0.4 is 0 Å². The zero-order valence-electron chi connectivity index (χ0n) is 34.9. The molecular weight excluding hydrogens is 765 g/mol. The van der Waals surface area contributed by atoms with Crippen molar-refractivity contribution >= 4 is 54.4 Å². The van der Waals surface area contributed by atoms with Crippen molar-refractivity contribution in [2.75, 3.05) is 0 Å². The normalized spacial score (nSPS) is 13.0. The van der Waals surface area contributed by atoms with Crippen LogP contribution in [0.15, 0.2) is 206 Å². The average Bonchev–Trinajstić information content (AvgIpc) is 3.98. The quantitative estimate of drug-likeness (QED) is 0.174. The topological polar surface area (TPSA) is 35.6 Å². The fourth-order valence-corrected chi connectivity index (χ4v) is 10.5. The van der Waals surface area contributed by atoms with Crippen LogP contribution in [-0.4, -0.2) is 19.1 Å². The van der Waals surface area contributed by atoms with Gasteiger partial charge in [-0.15, -0.1) is 0 Å². The Morgan fingerprint density at radius 2 is 1.06 bits per heavy atom. The second-order valence-electron chi connectivity index (χ2n) is 17.4. The molecule has 0 radical (unpaired) electrons. The van der Waals surface area contributed by atoms with Crippen LogP contribution in [0.1, 0.15) is 25.0 Å². The number of rotatable bonds is 5. The molecule has 0 bridgehead atoms. The van der Waals surface area contributed by atoms with Crippen molar-refractivity contribution in [3.8, 4) is 56.4 Å². The predicted octanol–water partition coefficient (Wildman–Crippen LogP) is 15.1. The first kappa shape index (κ1) is 35.7. The number of hydrogen-bond acceptors (Lipinski definition) is 2. The SMILES string of the molecule is CC1(C)c2ccccc2-c2ccc(-c3ccc4c(c3)c3c5ccccc5ccc3n4-c3nc(-c4ccccc4)c4c(ccc5cc(-c6ccccc6)n(-c6ccccc6)c54)n3)cc21. The highest BCUT2D eigenvalue weighted by Gasteiger charge is 2.35. The Morgan fingerprint density at radius 1 is 0.413 bits per heavy atom. The van der Waals surface area contributed by atoms with E-state index < -0.39 is 0 Å². The second-order valence-corrected chi connectivity index (χ2v) is 17.4. The zero-order chi connectivity index (χ0) is 41.8. The van der Waals surface area contributed by atoms with Crippen LogP contribution in [0, 0.1) is 0 Å². The fourth-order valence-electron chi connectivity index (χ4n) is 10.5. The molecule has 0 fully saturated rings. The third-order valence-corrected chi connectivity index (χ3v) is 13.5. The van der Waals surface area contributed by atoms with Crippen molar-refractivity contribution in [1.29, 1.82) is 0 Å². The minimum Gasteiger partial charge on any atom is -0.309 e. The highest BCUT2D eigenvalue weighted by molar-refractivity contribution is 6.22. The monoisotopic (exact) mass is 804 g/mol. The van der Waals surface area contributed by atoms with Gasteiger partial charge in [-0.3, -0.25) is 4.57 Å². The Bertz CT molecular complexity index is 3800. The Morgan fingerprint density at radius 3 is 1.89 bits per heavy atom. The van der Waals surface area contributed by atoms with Crippen molar-refractivity contribution < 1.29 is 0 Å². The van der Waals surface area contributed by atoms with Crippen molar-refractivity contribution in [3.63, 3.8) is 0 Å². The van der Waals surface area contributed by atoms with Crippen LogP contribution >= 0.6 is 0 Å². The second kappa shape index (κ2) is 13.5. The van der Waals surface area contributed by atoms with Crippen molar-refractivity contribution in [1.82, 2.24) is 19.1 Å². The van der Waals surface area contributed by atoms with Crippen molar-refractivity contribution in [2.45, 2.75) is 19.3 Å². The van der Waals surface area contributed by atoms with Gasteiger partial charge in [-0.1, -0.05) is 172 Å². The van der Waals surface area contributed by atoms with Crippen LogP contribution in [0.4, 0.5) is 0 Å². The molecule has 13 rings (SSSR count). The standard InChI is InChI=1S/C59H40N4/c1-59(2)48-25-15-14-24-45(48)46-30-26-41(35-49(46)59)40-29-32-51-47(34-40)54-44-23-13-12-16-37(44)28-33-52(54)63(51)58-60-50-31-27-42-36-53(38-17-6-3-7-18-38)62(43-21-10-5-11-22-43)57(42)55(50)56(61-58)39-19-8-4-9-20-39/h3-36H,1-2H3. The van der Waals surface area contributed by atoms with E-state index in [0.717, 1.165) is 61.0 Å². The molecule has 0 atom stereocenters. The molecule has 1 aliphatic rings. The molecule has 0 spiro atoms. The third kappa shape index (κ3) is 5.28. The number of benzene rings is 9. The summed E-state index contributed by atoms with van der Waals surface area (Å²) in [4.78, 5) is 11.2. The van der Waals surface area contributed by atoms with Crippen molar-refractivity contribution in [2.24, 2.45) is 0 Å². The van der Waals surface area contributed by atoms with E-state index in [2.05, 4.69) is 229 Å². The molecule has 3 aromatic heterocycles. The molecule has 0 aliphatic heterocycles. The Hall–Kier alpha value is -8.08. The highest BCUT2D eigenvalue weighted by atomic mass is 15.2. The first-order chi connectivity index (χ1) is 31.0. The van der Waals surface area contributed by atoms with Crippen LogP contribution in [0.5, 0.6) is 0 Å². The van der Waals surface area contributed by atoms with Gasteiger partial charge in [-0.2, -0.15) is 0 Å². The number of aromatic nitrogens is 4. The summed E-state index contributed by atoms with van der Waals surface area (Å²) in [6, 6.07) is 74.6.